The van der Waals surface area contributed by atoms with Gasteiger partial charge in [0.05, 0.1) is 4.90 Å². The molecule has 112 valence electrons. The largest absolute Gasteiger partial charge is 0.398 e. The monoisotopic (exact) mass is 296 g/mol. The van der Waals surface area contributed by atoms with Gasteiger partial charge in [-0.2, -0.15) is 4.31 Å². The zero-order valence-electron chi connectivity index (χ0n) is 12.7. The lowest BCUT2D eigenvalue weighted by atomic mass is 10.1. The van der Waals surface area contributed by atoms with E-state index in [2.05, 4.69) is 0 Å². The third kappa shape index (κ3) is 2.69. The predicted molar refractivity (Wildman–Crippen MR) is 82.2 cm³/mol. The van der Waals surface area contributed by atoms with Crippen LogP contribution in [0.15, 0.2) is 11.0 Å². The second-order valence-corrected chi connectivity index (χ2v) is 7.65. The molecule has 0 atom stereocenters. The van der Waals surface area contributed by atoms with Crippen LogP contribution in [0, 0.1) is 26.7 Å². The lowest BCUT2D eigenvalue weighted by molar-refractivity contribution is 0.411. The highest BCUT2D eigenvalue weighted by atomic mass is 32.2. The van der Waals surface area contributed by atoms with E-state index in [0.717, 1.165) is 24.0 Å². The number of hydrogen-bond acceptors (Lipinski definition) is 3. The van der Waals surface area contributed by atoms with E-state index < -0.39 is 10.0 Å². The summed E-state index contributed by atoms with van der Waals surface area (Å²) in [4.78, 5) is 0.392. The van der Waals surface area contributed by atoms with Crippen molar-refractivity contribution in [1.82, 2.24) is 4.31 Å². The first-order valence-electron chi connectivity index (χ1n) is 7.15. The van der Waals surface area contributed by atoms with E-state index in [4.69, 9.17) is 5.73 Å². The van der Waals surface area contributed by atoms with Gasteiger partial charge in [-0.3, -0.25) is 0 Å². The fraction of sp³-hybridized carbons (Fsp3) is 0.600. The first-order valence-corrected chi connectivity index (χ1v) is 8.59. The number of rotatable bonds is 5. The lowest BCUT2D eigenvalue weighted by Gasteiger charge is -2.24. The van der Waals surface area contributed by atoms with Crippen LogP contribution >= 0.6 is 0 Å². The van der Waals surface area contributed by atoms with Crippen molar-refractivity contribution in [2.45, 2.75) is 45.4 Å². The highest BCUT2D eigenvalue weighted by molar-refractivity contribution is 7.89. The smallest absolute Gasteiger partial charge is 0.243 e. The molecule has 0 radical (unpaired) electrons. The van der Waals surface area contributed by atoms with Crippen LogP contribution in [0.25, 0.3) is 0 Å². The molecule has 0 aromatic heterocycles. The molecule has 1 aliphatic rings. The summed E-state index contributed by atoms with van der Waals surface area (Å²) in [6.07, 6.45) is 2.28. The molecular weight excluding hydrogens is 272 g/mol. The van der Waals surface area contributed by atoms with Crippen LogP contribution in [0.3, 0.4) is 0 Å². The van der Waals surface area contributed by atoms with Crippen LogP contribution in [0.4, 0.5) is 5.69 Å². The average molecular weight is 296 g/mol. The third-order valence-electron chi connectivity index (χ3n) is 4.07. The summed E-state index contributed by atoms with van der Waals surface area (Å²) < 4.78 is 27.4. The van der Waals surface area contributed by atoms with Crippen molar-refractivity contribution in [2.75, 3.05) is 18.8 Å². The molecule has 0 spiro atoms. The number of hydrogen-bond donors (Lipinski definition) is 1. The van der Waals surface area contributed by atoms with E-state index in [1.807, 2.05) is 26.8 Å². The summed E-state index contributed by atoms with van der Waals surface area (Å²) in [6.45, 7) is 8.58. The maximum atomic E-state index is 12.9. The molecule has 2 N–H and O–H groups in total. The van der Waals surface area contributed by atoms with E-state index in [9.17, 15) is 8.42 Å². The van der Waals surface area contributed by atoms with Crippen molar-refractivity contribution in [1.29, 1.82) is 0 Å². The van der Waals surface area contributed by atoms with Gasteiger partial charge in [0.25, 0.3) is 0 Å². The molecule has 0 unspecified atom stereocenters. The van der Waals surface area contributed by atoms with Crippen LogP contribution in [0.1, 0.15) is 36.5 Å². The Morgan fingerprint density at radius 2 is 1.85 bits per heavy atom. The maximum absolute atomic E-state index is 12.9. The van der Waals surface area contributed by atoms with Gasteiger partial charge in [0.15, 0.2) is 0 Å². The fourth-order valence-electron chi connectivity index (χ4n) is 2.69. The minimum atomic E-state index is -3.45. The number of aryl methyl sites for hydroxylation is 2. The van der Waals surface area contributed by atoms with Crippen molar-refractivity contribution in [3.63, 3.8) is 0 Å². The van der Waals surface area contributed by atoms with Crippen molar-refractivity contribution >= 4 is 15.7 Å². The molecule has 1 aromatic carbocycles. The summed E-state index contributed by atoms with van der Waals surface area (Å²) in [5.74, 6) is 0.535. The van der Waals surface area contributed by atoms with Gasteiger partial charge < -0.3 is 5.73 Å². The molecule has 0 amide bonds. The van der Waals surface area contributed by atoms with Crippen molar-refractivity contribution in [2.24, 2.45) is 5.92 Å². The van der Waals surface area contributed by atoms with Crippen LogP contribution in [0.5, 0.6) is 0 Å². The molecule has 1 fully saturated rings. The molecule has 20 heavy (non-hydrogen) atoms. The van der Waals surface area contributed by atoms with Crippen LogP contribution in [-0.4, -0.2) is 25.8 Å². The Hall–Kier alpha value is -1.07. The normalized spacial score (nSPS) is 15.8. The molecule has 1 aromatic rings. The molecular formula is C15H24N2O2S. The summed E-state index contributed by atoms with van der Waals surface area (Å²) in [7, 11) is -3.45. The summed E-state index contributed by atoms with van der Waals surface area (Å²) in [5, 5.41) is 0. The highest BCUT2D eigenvalue weighted by Gasteiger charge is 2.32. The van der Waals surface area contributed by atoms with Gasteiger partial charge in [-0.25, -0.2) is 8.42 Å². The minimum absolute atomic E-state index is 0.392. The summed E-state index contributed by atoms with van der Waals surface area (Å²) in [5.41, 5.74) is 8.99. The van der Waals surface area contributed by atoms with Crippen molar-refractivity contribution < 1.29 is 8.42 Å². The molecule has 0 bridgehead atoms. The van der Waals surface area contributed by atoms with Gasteiger partial charge in [-0.1, -0.05) is 13.0 Å². The molecule has 1 aliphatic carbocycles. The third-order valence-corrected chi connectivity index (χ3v) is 6.30. The zero-order valence-corrected chi connectivity index (χ0v) is 13.5. The Labute approximate surface area is 122 Å². The Kier molecular flexibility index (Phi) is 4.12. The van der Waals surface area contributed by atoms with Gasteiger partial charge in [0.1, 0.15) is 0 Å². The molecule has 0 aliphatic heterocycles. The lowest BCUT2D eigenvalue weighted by Crippen LogP contribution is -2.33. The Morgan fingerprint density at radius 3 is 2.35 bits per heavy atom. The molecule has 0 saturated heterocycles. The fourth-order valence-corrected chi connectivity index (χ4v) is 4.66. The predicted octanol–water partition coefficient (Wildman–Crippen LogP) is 2.61. The van der Waals surface area contributed by atoms with Gasteiger partial charge in [0, 0.05) is 18.8 Å². The quantitative estimate of drug-likeness (QED) is 0.850. The Balaban J connectivity index is 2.50. The molecule has 2 rings (SSSR count). The number of nitrogen functional groups attached to an aromatic ring is 1. The van der Waals surface area contributed by atoms with Crippen molar-refractivity contribution in [3.05, 3.63) is 22.8 Å². The van der Waals surface area contributed by atoms with E-state index in [-0.39, 0.29) is 0 Å². The van der Waals surface area contributed by atoms with Gasteiger partial charge in [0.2, 0.25) is 10.0 Å². The number of nitrogens with zero attached hydrogens (tertiary/aromatic N) is 1. The number of anilines is 1. The Bertz CT molecular complexity index is 619. The molecule has 1 saturated carbocycles. The first kappa shape index (κ1) is 15.3. The average Bonchev–Trinajstić information content (AvgIpc) is 3.16. The molecule has 5 heteroatoms. The van der Waals surface area contributed by atoms with E-state index in [1.54, 1.807) is 11.2 Å². The number of nitrogens with two attached hydrogens (primary N) is 1. The van der Waals surface area contributed by atoms with Gasteiger partial charge in [-0.05, 0) is 56.2 Å². The van der Waals surface area contributed by atoms with Gasteiger partial charge in [-0.15, -0.1) is 0 Å². The van der Waals surface area contributed by atoms with Crippen LogP contribution in [0.2, 0.25) is 0 Å². The van der Waals surface area contributed by atoms with E-state index in [0.29, 0.717) is 35.2 Å². The summed E-state index contributed by atoms with van der Waals surface area (Å²) >= 11 is 0. The topological polar surface area (TPSA) is 63.4 Å². The summed E-state index contributed by atoms with van der Waals surface area (Å²) in [6, 6.07) is 1.86. The van der Waals surface area contributed by atoms with Crippen molar-refractivity contribution in [3.8, 4) is 0 Å². The standard InChI is InChI=1S/C15H24N2O2S/c1-5-17(9-13-6-7-13)20(18,19)15-11(3)8-10(2)14(16)12(15)4/h8,13H,5-7,9,16H2,1-4H3. The SMILES string of the molecule is CCN(CC1CC1)S(=O)(=O)c1c(C)cc(C)c(N)c1C. The zero-order chi connectivity index (χ0) is 15.1. The number of sulfonamides is 1. The number of benzene rings is 1. The molecule has 4 nitrogen and oxygen atoms in total. The molecule has 0 heterocycles. The first-order chi connectivity index (χ1) is 9.28. The van der Waals surface area contributed by atoms with Crippen LogP contribution < -0.4 is 5.73 Å². The maximum Gasteiger partial charge on any atom is 0.243 e. The van der Waals surface area contributed by atoms with E-state index in [1.165, 1.54) is 0 Å². The Morgan fingerprint density at radius 1 is 1.25 bits per heavy atom. The minimum Gasteiger partial charge on any atom is -0.398 e. The second-order valence-electron chi connectivity index (χ2n) is 5.78. The van der Waals surface area contributed by atoms with Gasteiger partial charge >= 0.3 is 0 Å². The van der Waals surface area contributed by atoms with Crippen LogP contribution in [-0.2, 0) is 10.0 Å². The van der Waals surface area contributed by atoms with E-state index >= 15 is 0 Å². The highest BCUT2D eigenvalue weighted by Crippen LogP contribution is 2.34. The second kappa shape index (κ2) is 5.37.